The van der Waals surface area contributed by atoms with Crippen LogP contribution in [-0.2, 0) is 13.2 Å². The first-order valence-corrected chi connectivity index (χ1v) is 7.83. The predicted molar refractivity (Wildman–Crippen MR) is 82.2 cm³/mol. The summed E-state index contributed by atoms with van der Waals surface area (Å²) in [6, 6.07) is 1.83. The fraction of sp³-hybridized carbons (Fsp3) is 0.467. The van der Waals surface area contributed by atoms with Gasteiger partial charge in [0.15, 0.2) is 4.88 Å². The molecule has 0 spiro atoms. The van der Waals surface area contributed by atoms with E-state index in [1.165, 1.54) is 11.3 Å². The van der Waals surface area contributed by atoms with E-state index in [0.29, 0.717) is 12.4 Å². The molecule has 0 atom stereocenters. The molecule has 0 aliphatic rings. The Labute approximate surface area is 128 Å². The van der Waals surface area contributed by atoms with Gasteiger partial charge in [0.25, 0.3) is 0 Å². The standard InChI is InChI=1S/C15H20N2O3S/c1-4-5-17-9-16-7-11(17)8-20-12-6-13(10(2)3)21-14(12)15(18)19/h6-7,9-10H,4-5,8H2,1-3H3,(H,18,19). The second-order valence-electron chi connectivity index (χ2n) is 5.17. The largest absolute Gasteiger partial charge is 0.486 e. The number of hydrogen-bond donors (Lipinski definition) is 1. The quantitative estimate of drug-likeness (QED) is 0.846. The van der Waals surface area contributed by atoms with Crippen molar-refractivity contribution in [1.82, 2.24) is 9.55 Å². The van der Waals surface area contributed by atoms with Crippen molar-refractivity contribution in [2.24, 2.45) is 0 Å². The number of aromatic nitrogens is 2. The molecule has 1 N–H and O–H groups in total. The molecule has 0 unspecified atom stereocenters. The Morgan fingerprint density at radius 2 is 2.29 bits per heavy atom. The third kappa shape index (κ3) is 3.64. The molecule has 0 radical (unpaired) electrons. The highest BCUT2D eigenvalue weighted by atomic mass is 32.1. The van der Waals surface area contributed by atoms with Crippen molar-refractivity contribution in [2.45, 2.75) is 46.3 Å². The summed E-state index contributed by atoms with van der Waals surface area (Å²) in [6.07, 6.45) is 4.54. The highest BCUT2D eigenvalue weighted by molar-refractivity contribution is 7.14. The molecule has 0 saturated carbocycles. The number of ether oxygens (including phenoxy) is 1. The summed E-state index contributed by atoms with van der Waals surface area (Å²) in [4.78, 5) is 16.7. The van der Waals surface area contributed by atoms with E-state index in [0.717, 1.165) is 23.5 Å². The SMILES string of the molecule is CCCn1cncc1COc1cc(C(C)C)sc1C(=O)O. The maximum Gasteiger partial charge on any atom is 0.349 e. The van der Waals surface area contributed by atoms with Crippen molar-refractivity contribution in [2.75, 3.05) is 0 Å². The molecule has 114 valence electrons. The zero-order valence-corrected chi connectivity index (χ0v) is 13.3. The second kappa shape index (κ2) is 6.76. The summed E-state index contributed by atoms with van der Waals surface area (Å²) in [5.41, 5.74) is 0.950. The Bertz CT molecular complexity index is 616. The summed E-state index contributed by atoms with van der Waals surface area (Å²) in [7, 11) is 0. The van der Waals surface area contributed by atoms with E-state index in [1.54, 1.807) is 12.5 Å². The Kier molecular flexibility index (Phi) is 5.01. The first-order chi connectivity index (χ1) is 10.0. The van der Waals surface area contributed by atoms with Gasteiger partial charge in [0.05, 0.1) is 18.2 Å². The van der Waals surface area contributed by atoms with Crippen molar-refractivity contribution >= 4 is 17.3 Å². The van der Waals surface area contributed by atoms with E-state index >= 15 is 0 Å². The second-order valence-corrected chi connectivity index (χ2v) is 6.25. The number of rotatable bonds is 7. The van der Waals surface area contributed by atoms with E-state index < -0.39 is 5.97 Å². The number of aromatic carboxylic acids is 1. The number of hydrogen-bond acceptors (Lipinski definition) is 4. The molecule has 0 saturated heterocycles. The average Bonchev–Trinajstić information content (AvgIpc) is 3.03. The van der Waals surface area contributed by atoms with Crippen LogP contribution in [0.3, 0.4) is 0 Å². The Balaban J connectivity index is 2.15. The highest BCUT2D eigenvalue weighted by Gasteiger charge is 2.18. The summed E-state index contributed by atoms with van der Waals surface area (Å²) >= 11 is 1.28. The van der Waals surface area contributed by atoms with Gasteiger partial charge in [0, 0.05) is 11.4 Å². The van der Waals surface area contributed by atoms with Crippen LogP contribution >= 0.6 is 11.3 Å². The summed E-state index contributed by atoms with van der Waals surface area (Å²) in [5, 5.41) is 9.27. The van der Waals surface area contributed by atoms with Gasteiger partial charge in [-0.15, -0.1) is 11.3 Å². The van der Waals surface area contributed by atoms with Gasteiger partial charge < -0.3 is 14.4 Å². The maximum atomic E-state index is 11.3. The lowest BCUT2D eigenvalue weighted by molar-refractivity contribution is 0.0697. The fourth-order valence-corrected chi connectivity index (χ4v) is 2.94. The molecule has 5 nitrogen and oxygen atoms in total. The third-order valence-electron chi connectivity index (χ3n) is 3.12. The Morgan fingerprint density at radius 3 is 2.90 bits per heavy atom. The lowest BCUT2D eigenvalue weighted by atomic mass is 10.2. The molecule has 0 aliphatic carbocycles. The van der Waals surface area contributed by atoms with E-state index in [-0.39, 0.29) is 10.8 Å². The van der Waals surface area contributed by atoms with Crippen molar-refractivity contribution < 1.29 is 14.6 Å². The molecule has 21 heavy (non-hydrogen) atoms. The van der Waals surface area contributed by atoms with Gasteiger partial charge in [-0.2, -0.15) is 0 Å². The van der Waals surface area contributed by atoms with E-state index in [9.17, 15) is 9.90 Å². The number of imidazole rings is 1. The summed E-state index contributed by atoms with van der Waals surface area (Å²) < 4.78 is 7.75. The molecular weight excluding hydrogens is 288 g/mol. The molecule has 2 aromatic rings. The molecule has 0 aromatic carbocycles. The fourth-order valence-electron chi connectivity index (χ4n) is 2.00. The summed E-state index contributed by atoms with van der Waals surface area (Å²) in [5.74, 6) is -0.208. The van der Waals surface area contributed by atoms with Crippen LogP contribution in [-0.4, -0.2) is 20.6 Å². The molecule has 0 amide bonds. The van der Waals surface area contributed by atoms with Gasteiger partial charge in [0.2, 0.25) is 0 Å². The number of nitrogens with zero attached hydrogens (tertiary/aromatic N) is 2. The predicted octanol–water partition coefficient (Wildman–Crippen LogP) is 3.76. The van der Waals surface area contributed by atoms with Gasteiger partial charge >= 0.3 is 5.97 Å². The number of carboxylic acids is 1. The first-order valence-electron chi connectivity index (χ1n) is 7.01. The molecule has 0 bridgehead atoms. The minimum Gasteiger partial charge on any atom is -0.486 e. The summed E-state index contributed by atoms with van der Waals surface area (Å²) in [6.45, 7) is 7.38. The zero-order chi connectivity index (χ0) is 15.4. The minimum absolute atomic E-state index is 0.264. The number of thiophene rings is 1. The normalized spacial score (nSPS) is 11.0. The molecule has 0 fully saturated rings. The van der Waals surface area contributed by atoms with Crippen LogP contribution in [0.25, 0.3) is 0 Å². The van der Waals surface area contributed by atoms with E-state index in [4.69, 9.17) is 4.74 Å². The molecular formula is C15H20N2O3S. The van der Waals surface area contributed by atoms with Crippen LogP contribution in [0.5, 0.6) is 5.75 Å². The lowest BCUT2D eigenvalue weighted by Gasteiger charge is -2.08. The smallest absolute Gasteiger partial charge is 0.349 e. The van der Waals surface area contributed by atoms with Crippen molar-refractivity contribution in [3.8, 4) is 5.75 Å². The number of aryl methyl sites for hydroxylation is 1. The monoisotopic (exact) mass is 308 g/mol. The highest BCUT2D eigenvalue weighted by Crippen LogP contribution is 2.34. The number of carboxylic acid groups (broad SMARTS) is 1. The Morgan fingerprint density at radius 1 is 1.52 bits per heavy atom. The van der Waals surface area contributed by atoms with Gasteiger partial charge in [0.1, 0.15) is 12.4 Å². The van der Waals surface area contributed by atoms with Gasteiger partial charge in [-0.1, -0.05) is 20.8 Å². The maximum absolute atomic E-state index is 11.3. The van der Waals surface area contributed by atoms with Gasteiger partial charge in [-0.25, -0.2) is 9.78 Å². The van der Waals surface area contributed by atoms with Gasteiger partial charge in [-0.3, -0.25) is 0 Å². The zero-order valence-electron chi connectivity index (χ0n) is 12.5. The van der Waals surface area contributed by atoms with Crippen LogP contribution in [0, 0.1) is 0 Å². The van der Waals surface area contributed by atoms with Crippen LogP contribution < -0.4 is 4.74 Å². The van der Waals surface area contributed by atoms with E-state index in [2.05, 4.69) is 11.9 Å². The first kappa shape index (κ1) is 15.6. The lowest BCUT2D eigenvalue weighted by Crippen LogP contribution is -2.06. The van der Waals surface area contributed by atoms with Gasteiger partial charge in [-0.05, 0) is 18.4 Å². The third-order valence-corrected chi connectivity index (χ3v) is 4.52. The van der Waals surface area contributed by atoms with Crippen molar-refractivity contribution in [3.63, 3.8) is 0 Å². The molecule has 2 heterocycles. The van der Waals surface area contributed by atoms with Crippen LogP contribution in [0.4, 0.5) is 0 Å². The average molecular weight is 308 g/mol. The van der Waals surface area contributed by atoms with Crippen LogP contribution in [0.15, 0.2) is 18.6 Å². The molecule has 6 heteroatoms. The van der Waals surface area contributed by atoms with E-state index in [1.807, 2.05) is 24.5 Å². The minimum atomic E-state index is -0.941. The molecule has 2 rings (SSSR count). The molecule has 0 aliphatic heterocycles. The van der Waals surface area contributed by atoms with Crippen LogP contribution in [0.1, 0.15) is 53.4 Å². The van der Waals surface area contributed by atoms with Crippen molar-refractivity contribution in [1.29, 1.82) is 0 Å². The Hall–Kier alpha value is -1.82. The van der Waals surface area contributed by atoms with Crippen LogP contribution in [0.2, 0.25) is 0 Å². The topological polar surface area (TPSA) is 64.4 Å². The molecule has 2 aromatic heterocycles. The van der Waals surface area contributed by atoms with Crippen molar-refractivity contribution in [3.05, 3.63) is 34.0 Å². The number of carbonyl (C=O) groups is 1.